The fourth-order valence-electron chi connectivity index (χ4n) is 1.94. The number of urea groups is 1. The Bertz CT molecular complexity index is 689. The maximum absolute atomic E-state index is 13.0. The summed E-state index contributed by atoms with van der Waals surface area (Å²) in [6.45, 7) is 1.71. The van der Waals surface area contributed by atoms with E-state index in [0.29, 0.717) is 28.4 Å². The highest BCUT2D eigenvalue weighted by molar-refractivity contribution is 6.01. The van der Waals surface area contributed by atoms with Crippen molar-refractivity contribution in [2.24, 2.45) is 0 Å². The topological polar surface area (TPSA) is 59.6 Å². The number of benzene rings is 2. The number of carbonyl (C=O) groups excluding carboxylic acids is 1. The summed E-state index contributed by atoms with van der Waals surface area (Å²) in [5.74, 6) is 0.753. The molecule has 6 heteroatoms. The molecule has 0 aliphatic carbocycles. The van der Waals surface area contributed by atoms with E-state index >= 15 is 0 Å². The van der Waals surface area contributed by atoms with Crippen LogP contribution in [0.25, 0.3) is 0 Å². The predicted molar refractivity (Wildman–Crippen MR) is 83.3 cm³/mol. The van der Waals surface area contributed by atoms with Gasteiger partial charge in [-0.25, -0.2) is 9.18 Å². The molecule has 2 aromatic rings. The lowest BCUT2D eigenvalue weighted by Crippen LogP contribution is -2.20. The molecule has 22 heavy (non-hydrogen) atoms. The first kappa shape index (κ1) is 15.6. The number of amides is 2. The van der Waals surface area contributed by atoms with Crippen LogP contribution in [0, 0.1) is 12.7 Å². The van der Waals surface area contributed by atoms with Crippen LogP contribution in [-0.4, -0.2) is 20.3 Å². The Morgan fingerprint density at radius 1 is 1.00 bits per heavy atom. The number of aryl methyl sites for hydroxylation is 1. The molecule has 0 radical (unpaired) electrons. The smallest absolute Gasteiger partial charge is 0.323 e. The van der Waals surface area contributed by atoms with Gasteiger partial charge >= 0.3 is 6.03 Å². The van der Waals surface area contributed by atoms with Crippen molar-refractivity contribution < 1.29 is 18.7 Å². The molecule has 0 bridgehead atoms. The van der Waals surface area contributed by atoms with Gasteiger partial charge in [0.05, 0.1) is 19.9 Å². The van der Waals surface area contributed by atoms with E-state index in [1.165, 1.54) is 25.3 Å². The number of ether oxygens (including phenoxy) is 2. The van der Waals surface area contributed by atoms with Gasteiger partial charge in [0.15, 0.2) is 0 Å². The zero-order chi connectivity index (χ0) is 16.1. The maximum Gasteiger partial charge on any atom is 0.323 e. The van der Waals surface area contributed by atoms with E-state index in [9.17, 15) is 9.18 Å². The van der Waals surface area contributed by atoms with Crippen molar-refractivity contribution in [2.45, 2.75) is 6.92 Å². The highest BCUT2D eigenvalue weighted by Crippen LogP contribution is 2.29. The summed E-state index contributed by atoms with van der Waals surface area (Å²) in [5, 5.41) is 5.34. The molecule has 116 valence electrons. The fraction of sp³-hybridized carbons (Fsp3) is 0.188. The zero-order valence-corrected chi connectivity index (χ0v) is 12.6. The average molecular weight is 304 g/mol. The van der Waals surface area contributed by atoms with Gasteiger partial charge in [-0.3, -0.25) is 0 Å². The number of anilines is 2. The van der Waals surface area contributed by atoms with E-state index < -0.39 is 6.03 Å². The van der Waals surface area contributed by atoms with Gasteiger partial charge in [-0.05, 0) is 42.8 Å². The molecule has 2 aromatic carbocycles. The summed E-state index contributed by atoms with van der Waals surface area (Å²) >= 11 is 0. The fourth-order valence-corrected chi connectivity index (χ4v) is 1.94. The van der Waals surface area contributed by atoms with Crippen molar-refractivity contribution in [1.82, 2.24) is 0 Å². The zero-order valence-electron chi connectivity index (χ0n) is 12.6. The molecule has 5 nitrogen and oxygen atoms in total. The summed E-state index contributed by atoms with van der Waals surface area (Å²) in [5.41, 5.74) is 1.67. The second kappa shape index (κ2) is 6.80. The lowest BCUT2D eigenvalue weighted by molar-refractivity contribution is 0.262. The van der Waals surface area contributed by atoms with Crippen molar-refractivity contribution >= 4 is 17.4 Å². The molecule has 0 aromatic heterocycles. The van der Waals surface area contributed by atoms with Crippen LogP contribution in [0.5, 0.6) is 11.5 Å². The minimum atomic E-state index is -0.446. The highest BCUT2D eigenvalue weighted by atomic mass is 19.1. The van der Waals surface area contributed by atoms with Gasteiger partial charge in [0.1, 0.15) is 17.3 Å². The highest BCUT2D eigenvalue weighted by Gasteiger charge is 2.10. The first-order valence-corrected chi connectivity index (χ1v) is 6.59. The minimum Gasteiger partial charge on any atom is -0.497 e. The second-order valence-electron chi connectivity index (χ2n) is 4.60. The Hall–Kier alpha value is -2.76. The summed E-state index contributed by atoms with van der Waals surface area (Å²) in [6.07, 6.45) is 0. The van der Waals surface area contributed by atoms with Gasteiger partial charge in [-0.1, -0.05) is 0 Å². The molecule has 0 heterocycles. The van der Waals surface area contributed by atoms with Gasteiger partial charge in [0, 0.05) is 11.8 Å². The van der Waals surface area contributed by atoms with Crippen LogP contribution >= 0.6 is 0 Å². The van der Waals surface area contributed by atoms with E-state index in [1.807, 2.05) is 0 Å². The molecule has 0 saturated heterocycles. The van der Waals surface area contributed by atoms with E-state index in [0.717, 1.165) is 0 Å². The molecule has 2 N–H and O–H groups in total. The summed E-state index contributed by atoms with van der Waals surface area (Å²) in [7, 11) is 3.05. The van der Waals surface area contributed by atoms with Crippen molar-refractivity contribution in [3.05, 3.63) is 47.8 Å². The molecular weight excluding hydrogens is 287 g/mol. The van der Waals surface area contributed by atoms with Crippen LogP contribution in [0.3, 0.4) is 0 Å². The molecule has 2 amide bonds. The molecular formula is C16H17FN2O3. The van der Waals surface area contributed by atoms with Crippen molar-refractivity contribution in [2.75, 3.05) is 24.9 Å². The van der Waals surface area contributed by atoms with Gasteiger partial charge in [0.2, 0.25) is 0 Å². The van der Waals surface area contributed by atoms with Crippen LogP contribution in [0.4, 0.5) is 20.6 Å². The molecule has 0 spiro atoms. The normalized spacial score (nSPS) is 10.0. The van der Waals surface area contributed by atoms with Gasteiger partial charge < -0.3 is 20.1 Å². The van der Waals surface area contributed by atoms with E-state index in [-0.39, 0.29) is 5.82 Å². The first-order chi connectivity index (χ1) is 10.5. The molecule has 0 atom stereocenters. The number of methoxy groups -OCH3 is 2. The SMILES string of the molecule is COc1ccc(NC(=O)Nc2ccc(F)cc2C)c(OC)c1. The van der Waals surface area contributed by atoms with Crippen molar-refractivity contribution in [1.29, 1.82) is 0 Å². The average Bonchev–Trinajstić information content (AvgIpc) is 2.50. The molecule has 0 saturated carbocycles. The number of carbonyl (C=O) groups is 1. The summed E-state index contributed by atoms with van der Waals surface area (Å²) in [6, 6.07) is 8.75. The number of halogens is 1. The number of hydrogen-bond acceptors (Lipinski definition) is 3. The van der Waals surface area contributed by atoms with Gasteiger partial charge in [0.25, 0.3) is 0 Å². The van der Waals surface area contributed by atoms with E-state index in [4.69, 9.17) is 9.47 Å². The Labute approximate surface area is 128 Å². The quantitative estimate of drug-likeness (QED) is 0.903. The Kier molecular flexibility index (Phi) is 4.83. The van der Waals surface area contributed by atoms with Crippen molar-refractivity contribution in [3.8, 4) is 11.5 Å². The van der Waals surface area contributed by atoms with Crippen LogP contribution in [0.1, 0.15) is 5.56 Å². The van der Waals surface area contributed by atoms with Gasteiger partial charge in [-0.2, -0.15) is 0 Å². The van der Waals surface area contributed by atoms with E-state index in [2.05, 4.69) is 10.6 Å². The summed E-state index contributed by atoms with van der Waals surface area (Å²) < 4.78 is 23.3. The number of hydrogen-bond donors (Lipinski definition) is 2. The van der Waals surface area contributed by atoms with Crippen LogP contribution < -0.4 is 20.1 Å². The first-order valence-electron chi connectivity index (χ1n) is 6.59. The lowest BCUT2D eigenvalue weighted by Gasteiger charge is -2.13. The van der Waals surface area contributed by atoms with Crippen LogP contribution in [-0.2, 0) is 0 Å². The molecule has 0 aliphatic rings. The van der Waals surface area contributed by atoms with Crippen molar-refractivity contribution in [3.63, 3.8) is 0 Å². The van der Waals surface area contributed by atoms with Crippen LogP contribution in [0.2, 0.25) is 0 Å². The summed E-state index contributed by atoms with van der Waals surface area (Å²) in [4.78, 5) is 12.0. The Morgan fingerprint density at radius 2 is 1.68 bits per heavy atom. The predicted octanol–water partition coefficient (Wildman–Crippen LogP) is 3.80. The molecule has 0 unspecified atom stereocenters. The van der Waals surface area contributed by atoms with Gasteiger partial charge in [-0.15, -0.1) is 0 Å². The number of nitrogens with one attached hydrogen (secondary N) is 2. The number of rotatable bonds is 4. The standard InChI is InChI=1S/C16H17FN2O3/c1-10-8-11(17)4-6-13(10)18-16(20)19-14-7-5-12(21-2)9-15(14)22-3/h4-9H,1-3H3,(H2,18,19,20). The molecule has 0 aliphatic heterocycles. The lowest BCUT2D eigenvalue weighted by atomic mass is 10.2. The molecule has 0 fully saturated rings. The third kappa shape index (κ3) is 3.66. The monoisotopic (exact) mass is 304 g/mol. The third-order valence-corrected chi connectivity index (χ3v) is 3.09. The Balaban J connectivity index is 2.12. The molecule has 2 rings (SSSR count). The minimum absolute atomic E-state index is 0.347. The largest absolute Gasteiger partial charge is 0.497 e. The maximum atomic E-state index is 13.0. The van der Waals surface area contributed by atoms with E-state index in [1.54, 1.807) is 32.2 Å². The third-order valence-electron chi connectivity index (χ3n) is 3.09. The Morgan fingerprint density at radius 3 is 2.32 bits per heavy atom. The van der Waals surface area contributed by atoms with Crippen LogP contribution in [0.15, 0.2) is 36.4 Å². The second-order valence-corrected chi connectivity index (χ2v) is 4.60.